The maximum absolute atomic E-state index is 13.4. The van der Waals surface area contributed by atoms with Gasteiger partial charge in [-0.1, -0.05) is 12.1 Å². The highest BCUT2D eigenvalue weighted by atomic mass is 19.1. The first-order chi connectivity index (χ1) is 9.08. The van der Waals surface area contributed by atoms with Gasteiger partial charge in [-0.2, -0.15) is 0 Å². The third-order valence-electron chi connectivity index (χ3n) is 3.68. The third-order valence-corrected chi connectivity index (χ3v) is 3.68. The summed E-state index contributed by atoms with van der Waals surface area (Å²) in [6.07, 6.45) is 1.15. The first kappa shape index (κ1) is 14.4. The quantitative estimate of drug-likeness (QED) is 0.903. The van der Waals surface area contributed by atoms with Crippen LogP contribution in [0.4, 0.5) is 4.39 Å². The maximum atomic E-state index is 13.4. The minimum atomic E-state index is -0.142. The molecule has 1 aliphatic heterocycles. The number of aryl methyl sites for hydroxylation is 1. The van der Waals surface area contributed by atoms with Crippen LogP contribution in [-0.4, -0.2) is 44.8 Å². The van der Waals surface area contributed by atoms with Crippen molar-refractivity contribution in [2.75, 3.05) is 33.8 Å². The molecule has 106 valence electrons. The Labute approximate surface area is 114 Å². The van der Waals surface area contributed by atoms with Crippen molar-refractivity contribution in [3.63, 3.8) is 0 Å². The number of nitrogens with one attached hydrogen (secondary N) is 1. The van der Waals surface area contributed by atoms with Gasteiger partial charge in [0.05, 0.1) is 12.7 Å². The van der Waals surface area contributed by atoms with Gasteiger partial charge in [0.1, 0.15) is 5.82 Å². The Kier molecular flexibility index (Phi) is 4.91. The molecule has 1 heterocycles. The zero-order valence-electron chi connectivity index (χ0n) is 11.9. The van der Waals surface area contributed by atoms with Gasteiger partial charge in [-0.05, 0) is 44.6 Å². The van der Waals surface area contributed by atoms with Gasteiger partial charge in [-0.25, -0.2) is 4.39 Å². The van der Waals surface area contributed by atoms with E-state index in [4.69, 9.17) is 4.74 Å². The normalized spacial score (nSPS) is 21.6. The van der Waals surface area contributed by atoms with Crippen molar-refractivity contribution < 1.29 is 9.13 Å². The van der Waals surface area contributed by atoms with E-state index in [9.17, 15) is 4.39 Å². The highest BCUT2D eigenvalue weighted by Gasteiger charge is 2.22. The number of rotatable bonds is 4. The lowest BCUT2D eigenvalue weighted by molar-refractivity contribution is 0.00893. The van der Waals surface area contributed by atoms with Crippen LogP contribution < -0.4 is 5.32 Å². The molecule has 0 spiro atoms. The van der Waals surface area contributed by atoms with Crippen LogP contribution in [0.2, 0.25) is 0 Å². The predicted octanol–water partition coefficient (Wildman–Crippen LogP) is 2.12. The molecule has 3 nitrogen and oxygen atoms in total. The largest absolute Gasteiger partial charge is 0.376 e. The molecular weight excluding hydrogens is 243 g/mol. The molecule has 1 aliphatic rings. The number of nitrogens with zero attached hydrogens (tertiary/aromatic N) is 1. The topological polar surface area (TPSA) is 24.5 Å². The van der Waals surface area contributed by atoms with Crippen LogP contribution in [-0.2, 0) is 4.74 Å². The first-order valence-corrected chi connectivity index (χ1v) is 6.82. The number of hydrogen-bond donors (Lipinski definition) is 1. The summed E-state index contributed by atoms with van der Waals surface area (Å²) in [6.45, 7) is 4.40. The zero-order valence-corrected chi connectivity index (χ0v) is 11.9. The number of morpholine rings is 1. The van der Waals surface area contributed by atoms with Crippen LogP contribution in [0, 0.1) is 12.7 Å². The molecule has 0 aromatic heterocycles. The second kappa shape index (κ2) is 6.46. The average molecular weight is 266 g/mol. The Bertz CT molecular complexity index is 417. The molecule has 2 rings (SSSR count). The molecule has 2 atom stereocenters. The highest BCUT2D eigenvalue weighted by Crippen LogP contribution is 2.26. The summed E-state index contributed by atoms with van der Waals surface area (Å²) < 4.78 is 19.1. The minimum absolute atomic E-state index is 0.142. The van der Waals surface area contributed by atoms with Gasteiger partial charge in [-0.3, -0.25) is 0 Å². The lowest BCUT2D eigenvalue weighted by atomic mass is 9.97. The van der Waals surface area contributed by atoms with Crippen molar-refractivity contribution in [2.24, 2.45) is 0 Å². The summed E-state index contributed by atoms with van der Waals surface area (Å²) in [5.74, 6) is -0.142. The molecule has 1 saturated heterocycles. The summed E-state index contributed by atoms with van der Waals surface area (Å²) in [5.41, 5.74) is 1.85. The number of ether oxygens (including phenoxy) is 1. The SMILES string of the molecule is Cc1cc(C(CC2CNCCO2)N(C)C)ccc1F. The van der Waals surface area contributed by atoms with Gasteiger partial charge < -0.3 is 15.0 Å². The minimum Gasteiger partial charge on any atom is -0.376 e. The van der Waals surface area contributed by atoms with E-state index >= 15 is 0 Å². The molecule has 0 saturated carbocycles. The Morgan fingerprint density at radius 3 is 2.84 bits per heavy atom. The Hall–Kier alpha value is -0.970. The molecule has 1 fully saturated rings. The number of halogens is 1. The molecule has 4 heteroatoms. The van der Waals surface area contributed by atoms with E-state index in [1.54, 1.807) is 6.07 Å². The van der Waals surface area contributed by atoms with Crippen molar-refractivity contribution in [3.05, 3.63) is 35.1 Å². The van der Waals surface area contributed by atoms with E-state index in [1.165, 1.54) is 0 Å². The van der Waals surface area contributed by atoms with Crippen molar-refractivity contribution in [1.82, 2.24) is 10.2 Å². The second-order valence-electron chi connectivity index (χ2n) is 5.42. The first-order valence-electron chi connectivity index (χ1n) is 6.82. The van der Waals surface area contributed by atoms with Gasteiger partial charge in [0, 0.05) is 19.1 Å². The van der Waals surface area contributed by atoms with E-state index in [1.807, 2.05) is 19.1 Å². The Morgan fingerprint density at radius 2 is 2.26 bits per heavy atom. The zero-order chi connectivity index (χ0) is 13.8. The fraction of sp³-hybridized carbons (Fsp3) is 0.600. The predicted molar refractivity (Wildman–Crippen MR) is 74.8 cm³/mol. The van der Waals surface area contributed by atoms with Gasteiger partial charge in [-0.15, -0.1) is 0 Å². The maximum Gasteiger partial charge on any atom is 0.126 e. The van der Waals surface area contributed by atoms with E-state index in [0.29, 0.717) is 5.56 Å². The fourth-order valence-electron chi connectivity index (χ4n) is 2.54. The molecule has 2 unspecified atom stereocenters. The van der Waals surface area contributed by atoms with Crippen LogP contribution in [0.1, 0.15) is 23.6 Å². The second-order valence-corrected chi connectivity index (χ2v) is 5.42. The summed E-state index contributed by atoms with van der Waals surface area (Å²) in [5, 5.41) is 3.35. The van der Waals surface area contributed by atoms with Crippen molar-refractivity contribution in [3.8, 4) is 0 Å². The molecule has 19 heavy (non-hydrogen) atoms. The summed E-state index contributed by atoms with van der Waals surface area (Å²) >= 11 is 0. The number of benzene rings is 1. The smallest absolute Gasteiger partial charge is 0.126 e. The Morgan fingerprint density at radius 1 is 1.47 bits per heavy atom. The Balaban J connectivity index is 2.12. The van der Waals surface area contributed by atoms with E-state index in [2.05, 4.69) is 24.3 Å². The van der Waals surface area contributed by atoms with Crippen LogP contribution >= 0.6 is 0 Å². The molecule has 0 amide bonds. The van der Waals surface area contributed by atoms with E-state index in [-0.39, 0.29) is 18.0 Å². The molecule has 0 bridgehead atoms. The fourth-order valence-corrected chi connectivity index (χ4v) is 2.54. The van der Waals surface area contributed by atoms with Crippen LogP contribution in [0.5, 0.6) is 0 Å². The molecule has 1 aromatic carbocycles. The van der Waals surface area contributed by atoms with Gasteiger partial charge in [0.2, 0.25) is 0 Å². The summed E-state index contributed by atoms with van der Waals surface area (Å²) in [6, 6.07) is 5.63. The van der Waals surface area contributed by atoms with E-state index in [0.717, 1.165) is 31.7 Å². The average Bonchev–Trinajstić information content (AvgIpc) is 2.40. The summed E-state index contributed by atoms with van der Waals surface area (Å²) in [7, 11) is 4.11. The molecule has 0 aliphatic carbocycles. The van der Waals surface area contributed by atoms with Gasteiger partial charge in [0.15, 0.2) is 0 Å². The summed E-state index contributed by atoms with van der Waals surface area (Å²) in [4.78, 5) is 2.17. The molecule has 1 N–H and O–H groups in total. The van der Waals surface area contributed by atoms with Crippen molar-refractivity contribution >= 4 is 0 Å². The van der Waals surface area contributed by atoms with Crippen LogP contribution in [0.25, 0.3) is 0 Å². The number of hydrogen-bond acceptors (Lipinski definition) is 3. The van der Waals surface area contributed by atoms with Crippen LogP contribution in [0.15, 0.2) is 18.2 Å². The lowest BCUT2D eigenvalue weighted by Gasteiger charge is -2.31. The van der Waals surface area contributed by atoms with Gasteiger partial charge in [0.25, 0.3) is 0 Å². The molecule has 0 radical (unpaired) electrons. The highest BCUT2D eigenvalue weighted by molar-refractivity contribution is 5.26. The molecule has 1 aromatic rings. The van der Waals surface area contributed by atoms with E-state index < -0.39 is 0 Å². The van der Waals surface area contributed by atoms with Crippen molar-refractivity contribution in [2.45, 2.75) is 25.5 Å². The third kappa shape index (κ3) is 3.75. The monoisotopic (exact) mass is 266 g/mol. The lowest BCUT2D eigenvalue weighted by Crippen LogP contribution is -2.40. The van der Waals surface area contributed by atoms with Crippen LogP contribution in [0.3, 0.4) is 0 Å². The molecular formula is C15H23FN2O. The van der Waals surface area contributed by atoms with Gasteiger partial charge >= 0.3 is 0 Å². The standard InChI is InChI=1S/C15H23FN2O/c1-11-8-12(4-5-14(11)16)15(18(2)3)9-13-10-17-6-7-19-13/h4-5,8,13,15,17H,6-7,9-10H2,1-3H3. The van der Waals surface area contributed by atoms with Crippen molar-refractivity contribution in [1.29, 1.82) is 0 Å².